The number of aryl methyl sites for hydroxylation is 2. The smallest absolute Gasteiger partial charge is 0.267 e. The molecule has 0 aliphatic carbocycles. The van der Waals surface area contributed by atoms with Crippen LogP contribution < -0.4 is 10.9 Å². The molecule has 5 nitrogen and oxygen atoms in total. The fraction of sp³-hybridized carbons (Fsp3) is 0.150. The average molecular weight is 402 g/mol. The van der Waals surface area contributed by atoms with E-state index in [4.69, 9.17) is 23.2 Å². The van der Waals surface area contributed by atoms with E-state index in [0.717, 1.165) is 15.8 Å². The van der Waals surface area contributed by atoms with Crippen molar-refractivity contribution < 1.29 is 4.79 Å². The summed E-state index contributed by atoms with van der Waals surface area (Å²) in [5.74, 6) is -0.425. The lowest BCUT2D eigenvalue weighted by molar-refractivity contribution is -0.117. The maximum absolute atomic E-state index is 12.3. The van der Waals surface area contributed by atoms with Gasteiger partial charge in [-0.05, 0) is 55.3 Å². The zero-order valence-corrected chi connectivity index (χ0v) is 16.3. The molecule has 0 atom stereocenters. The standard InChI is InChI=1S/C20H17Cl2N3O2/c1-12-3-4-14(9-13(12)2)17-7-8-20(27)25(24-17)11-19(26)23-18-10-15(21)5-6-16(18)22/h3-10H,11H2,1-2H3,(H,23,26). The molecule has 27 heavy (non-hydrogen) atoms. The molecule has 3 aromatic rings. The number of halogens is 2. The van der Waals surface area contributed by atoms with Crippen molar-refractivity contribution in [3.8, 4) is 11.3 Å². The number of benzene rings is 2. The van der Waals surface area contributed by atoms with Gasteiger partial charge in [-0.25, -0.2) is 4.68 Å². The largest absolute Gasteiger partial charge is 0.323 e. The van der Waals surface area contributed by atoms with Crippen molar-refractivity contribution in [3.05, 3.63) is 80.1 Å². The Labute approximate surface area is 166 Å². The van der Waals surface area contributed by atoms with Crippen LogP contribution >= 0.6 is 23.2 Å². The molecule has 0 aliphatic rings. The summed E-state index contributed by atoms with van der Waals surface area (Å²) in [6.07, 6.45) is 0. The van der Waals surface area contributed by atoms with Crippen LogP contribution in [0.1, 0.15) is 11.1 Å². The molecular formula is C20H17Cl2N3O2. The van der Waals surface area contributed by atoms with Gasteiger partial charge in [0.1, 0.15) is 6.54 Å². The number of nitrogens with one attached hydrogen (secondary N) is 1. The van der Waals surface area contributed by atoms with E-state index in [2.05, 4.69) is 10.4 Å². The van der Waals surface area contributed by atoms with Crippen LogP contribution in [0.15, 0.2) is 53.3 Å². The Morgan fingerprint density at radius 2 is 1.81 bits per heavy atom. The molecule has 0 radical (unpaired) electrons. The van der Waals surface area contributed by atoms with Gasteiger partial charge in [-0.15, -0.1) is 0 Å². The van der Waals surface area contributed by atoms with Crippen LogP contribution in [0.4, 0.5) is 5.69 Å². The predicted octanol–water partition coefficient (Wildman–Crippen LogP) is 4.47. The zero-order chi connectivity index (χ0) is 19.6. The number of rotatable bonds is 4. The SMILES string of the molecule is Cc1ccc(-c2ccc(=O)n(CC(=O)Nc3cc(Cl)ccc3Cl)n2)cc1C. The molecular weight excluding hydrogens is 385 g/mol. The molecule has 0 saturated heterocycles. The van der Waals surface area contributed by atoms with Gasteiger partial charge in [-0.1, -0.05) is 35.3 Å². The molecule has 0 aliphatic heterocycles. The van der Waals surface area contributed by atoms with Gasteiger partial charge < -0.3 is 5.32 Å². The zero-order valence-electron chi connectivity index (χ0n) is 14.8. The van der Waals surface area contributed by atoms with E-state index in [1.54, 1.807) is 24.3 Å². The first-order valence-corrected chi connectivity index (χ1v) is 9.00. The van der Waals surface area contributed by atoms with Crippen molar-refractivity contribution in [1.29, 1.82) is 0 Å². The summed E-state index contributed by atoms with van der Waals surface area (Å²) in [5, 5.41) is 7.77. The third-order valence-corrected chi connectivity index (χ3v) is 4.73. The van der Waals surface area contributed by atoms with Gasteiger partial charge in [0.05, 0.1) is 16.4 Å². The molecule has 0 fully saturated rings. The third-order valence-electron chi connectivity index (χ3n) is 4.17. The van der Waals surface area contributed by atoms with Crippen LogP contribution in [0.3, 0.4) is 0 Å². The van der Waals surface area contributed by atoms with Crippen LogP contribution in [-0.4, -0.2) is 15.7 Å². The first-order chi connectivity index (χ1) is 12.8. The van der Waals surface area contributed by atoms with E-state index < -0.39 is 5.91 Å². The van der Waals surface area contributed by atoms with E-state index in [1.165, 1.54) is 11.6 Å². The highest BCUT2D eigenvalue weighted by Gasteiger charge is 2.11. The average Bonchev–Trinajstić information content (AvgIpc) is 2.62. The number of nitrogens with zero attached hydrogens (tertiary/aromatic N) is 2. The normalized spacial score (nSPS) is 10.7. The first kappa shape index (κ1) is 19.1. The molecule has 1 N–H and O–H groups in total. The Morgan fingerprint density at radius 3 is 2.56 bits per heavy atom. The molecule has 3 rings (SSSR count). The number of hydrogen-bond acceptors (Lipinski definition) is 3. The molecule has 0 unspecified atom stereocenters. The predicted molar refractivity (Wildman–Crippen MR) is 108 cm³/mol. The van der Waals surface area contributed by atoms with Crippen molar-refractivity contribution in [2.45, 2.75) is 20.4 Å². The molecule has 1 aromatic heterocycles. The third kappa shape index (κ3) is 4.56. The molecule has 1 heterocycles. The van der Waals surface area contributed by atoms with Gasteiger partial charge in [0.15, 0.2) is 0 Å². The fourth-order valence-corrected chi connectivity index (χ4v) is 2.87. The number of carbonyl (C=O) groups is 1. The lowest BCUT2D eigenvalue weighted by Gasteiger charge is -2.10. The minimum Gasteiger partial charge on any atom is -0.323 e. The molecule has 7 heteroatoms. The lowest BCUT2D eigenvalue weighted by atomic mass is 10.0. The molecule has 1 amide bonds. The summed E-state index contributed by atoms with van der Waals surface area (Å²) in [6, 6.07) is 13.7. The summed E-state index contributed by atoms with van der Waals surface area (Å²) >= 11 is 12.0. The molecule has 138 valence electrons. The number of amides is 1. The molecule has 2 aromatic carbocycles. The van der Waals surface area contributed by atoms with Crippen molar-refractivity contribution in [2.75, 3.05) is 5.32 Å². The highest BCUT2D eigenvalue weighted by molar-refractivity contribution is 6.35. The quantitative estimate of drug-likeness (QED) is 0.700. The topological polar surface area (TPSA) is 64.0 Å². The van der Waals surface area contributed by atoms with E-state index in [-0.39, 0.29) is 12.1 Å². The summed E-state index contributed by atoms with van der Waals surface area (Å²) in [5.41, 5.74) is 3.81. The summed E-state index contributed by atoms with van der Waals surface area (Å²) in [6.45, 7) is 3.80. The van der Waals surface area contributed by atoms with Crippen LogP contribution in [0, 0.1) is 13.8 Å². The minimum absolute atomic E-state index is 0.236. The lowest BCUT2D eigenvalue weighted by Crippen LogP contribution is -2.29. The minimum atomic E-state index is -0.425. The fourth-order valence-electron chi connectivity index (χ4n) is 2.54. The first-order valence-electron chi connectivity index (χ1n) is 8.24. The maximum Gasteiger partial charge on any atom is 0.267 e. The highest BCUT2D eigenvalue weighted by Crippen LogP contribution is 2.25. The number of aromatic nitrogens is 2. The van der Waals surface area contributed by atoms with Crippen LogP contribution in [0.5, 0.6) is 0 Å². The Bertz CT molecular complexity index is 1080. The molecule has 0 spiro atoms. The van der Waals surface area contributed by atoms with E-state index in [9.17, 15) is 9.59 Å². The Morgan fingerprint density at radius 1 is 1.04 bits per heavy atom. The molecule has 0 saturated carbocycles. The Kier molecular flexibility index (Phi) is 5.63. The summed E-state index contributed by atoms with van der Waals surface area (Å²) in [4.78, 5) is 24.4. The number of anilines is 1. The van der Waals surface area contributed by atoms with E-state index in [0.29, 0.717) is 21.4 Å². The van der Waals surface area contributed by atoms with Crippen LogP contribution in [0.2, 0.25) is 10.0 Å². The highest BCUT2D eigenvalue weighted by atomic mass is 35.5. The second-order valence-electron chi connectivity index (χ2n) is 6.19. The van der Waals surface area contributed by atoms with Gasteiger partial charge in [0, 0.05) is 16.7 Å². The second-order valence-corrected chi connectivity index (χ2v) is 7.03. The Hall–Kier alpha value is -2.63. The van der Waals surface area contributed by atoms with Gasteiger partial charge in [-0.2, -0.15) is 5.10 Å². The van der Waals surface area contributed by atoms with E-state index >= 15 is 0 Å². The molecule has 0 bridgehead atoms. The maximum atomic E-state index is 12.3. The van der Waals surface area contributed by atoms with Gasteiger partial charge in [0.2, 0.25) is 5.91 Å². The number of carbonyl (C=O) groups excluding carboxylic acids is 1. The summed E-state index contributed by atoms with van der Waals surface area (Å²) < 4.78 is 1.12. The number of hydrogen-bond donors (Lipinski definition) is 1. The van der Waals surface area contributed by atoms with E-state index in [1.807, 2.05) is 32.0 Å². The Balaban J connectivity index is 1.84. The van der Waals surface area contributed by atoms with Crippen molar-refractivity contribution in [1.82, 2.24) is 9.78 Å². The van der Waals surface area contributed by atoms with Crippen LogP contribution in [-0.2, 0) is 11.3 Å². The van der Waals surface area contributed by atoms with Gasteiger partial charge in [0.25, 0.3) is 5.56 Å². The summed E-state index contributed by atoms with van der Waals surface area (Å²) in [7, 11) is 0. The van der Waals surface area contributed by atoms with Crippen molar-refractivity contribution >= 4 is 34.8 Å². The monoisotopic (exact) mass is 401 g/mol. The van der Waals surface area contributed by atoms with Crippen molar-refractivity contribution in [3.63, 3.8) is 0 Å². The van der Waals surface area contributed by atoms with Gasteiger partial charge in [-0.3, -0.25) is 9.59 Å². The van der Waals surface area contributed by atoms with Crippen LogP contribution in [0.25, 0.3) is 11.3 Å². The van der Waals surface area contributed by atoms with Gasteiger partial charge >= 0.3 is 0 Å². The second kappa shape index (κ2) is 7.94. The van der Waals surface area contributed by atoms with Crippen molar-refractivity contribution in [2.24, 2.45) is 0 Å².